The first kappa shape index (κ1) is 17.2. The second-order valence-corrected chi connectivity index (χ2v) is 8.58. The Morgan fingerprint density at radius 1 is 1.41 bits per heavy atom. The van der Waals surface area contributed by atoms with E-state index in [4.69, 9.17) is 0 Å². The lowest BCUT2D eigenvalue weighted by Gasteiger charge is -2.12. The zero-order chi connectivity index (χ0) is 16.5. The lowest BCUT2D eigenvalue weighted by molar-refractivity contribution is -0.141. The SMILES string of the molecule is CC(c1ccc(C(F)(F)F)nc1)=S(C)(=O)Nc1nc(Br)cs1. The average Bonchev–Trinajstić information content (AvgIpc) is 2.81. The molecule has 10 heteroatoms. The van der Waals surface area contributed by atoms with Crippen LogP contribution in [0.3, 0.4) is 0 Å². The minimum absolute atomic E-state index is 0.378. The quantitative estimate of drug-likeness (QED) is 0.614. The third-order valence-electron chi connectivity index (χ3n) is 2.80. The molecule has 2 heterocycles. The van der Waals surface area contributed by atoms with Gasteiger partial charge in [0.05, 0.1) is 9.71 Å². The molecule has 2 aromatic rings. The number of nitrogens with zero attached hydrogens (tertiary/aromatic N) is 2. The Balaban J connectivity index is 2.35. The predicted octanol–water partition coefficient (Wildman–Crippen LogP) is 3.80. The number of alkyl halides is 3. The van der Waals surface area contributed by atoms with Crippen molar-refractivity contribution in [1.29, 1.82) is 0 Å². The van der Waals surface area contributed by atoms with Crippen LogP contribution in [-0.2, 0) is 15.9 Å². The fourth-order valence-electron chi connectivity index (χ4n) is 1.54. The van der Waals surface area contributed by atoms with Crippen LogP contribution in [0.1, 0.15) is 18.2 Å². The molecule has 1 unspecified atom stereocenters. The molecule has 4 nitrogen and oxygen atoms in total. The molecule has 0 bridgehead atoms. The molecular formula is C12H11BrF3N3OS2. The molecule has 0 amide bonds. The van der Waals surface area contributed by atoms with E-state index in [1.165, 1.54) is 23.7 Å². The highest BCUT2D eigenvalue weighted by Crippen LogP contribution is 2.27. The third-order valence-corrected chi connectivity index (χ3v) is 6.39. The molecule has 0 spiro atoms. The van der Waals surface area contributed by atoms with E-state index >= 15 is 0 Å². The summed E-state index contributed by atoms with van der Waals surface area (Å²) >= 11 is 4.46. The van der Waals surface area contributed by atoms with Crippen molar-refractivity contribution in [3.05, 3.63) is 39.6 Å². The number of pyridine rings is 1. The van der Waals surface area contributed by atoms with Gasteiger partial charge < -0.3 is 0 Å². The Morgan fingerprint density at radius 3 is 2.55 bits per heavy atom. The monoisotopic (exact) mass is 413 g/mol. The number of aromatic nitrogens is 2. The Morgan fingerprint density at radius 2 is 2.09 bits per heavy atom. The van der Waals surface area contributed by atoms with E-state index in [2.05, 4.69) is 30.6 Å². The Bertz CT molecular complexity index is 793. The number of thiazole rings is 1. The lowest BCUT2D eigenvalue weighted by atomic mass is 10.2. The van der Waals surface area contributed by atoms with Crippen LogP contribution in [-0.4, -0.2) is 25.3 Å². The summed E-state index contributed by atoms with van der Waals surface area (Å²) in [5, 5.41) is 2.19. The van der Waals surface area contributed by atoms with Crippen molar-refractivity contribution >= 4 is 47.0 Å². The van der Waals surface area contributed by atoms with Crippen molar-refractivity contribution in [1.82, 2.24) is 9.97 Å². The summed E-state index contributed by atoms with van der Waals surface area (Å²) in [5.41, 5.74) is -0.605. The Labute approximate surface area is 138 Å². The number of hydrogen-bond acceptors (Lipinski definition) is 4. The molecule has 0 saturated heterocycles. The van der Waals surface area contributed by atoms with E-state index < -0.39 is 21.6 Å². The maximum atomic E-state index is 12.7. The fraction of sp³-hybridized carbons (Fsp3) is 0.250. The molecule has 0 saturated carbocycles. The van der Waals surface area contributed by atoms with Gasteiger partial charge in [-0.2, -0.15) is 13.2 Å². The maximum absolute atomic E-state index is 12.7. The van der Waals surface area contributed by atoms with Crippen molar-refractivity contribution in [2.24, 2.45) is 0 Å². The van der Waals surface area contributed by atoms with Crippen molar-refractivity contribution in [2.75, 3.05) is 11.0 Å². The van der Waals surface area contributed by atoms with E-state index in [0.717, 1.165) is 12.3 Å². The molecule has 2 aromatic heterocycles. The number of halogens is 4. The minimum atomic E-state index is -4.49. The first-order chi connectivity index (χ1) is 10.1. The molecular weight excluding hydrogens is 403 g/mol. The zero-order valence-electron chi connectivity index (χ0n) is 11.4. The van der Waals surface area contributed by atoms with Crippen LogP contribution < -0.4 is 4.72 Å². The van der Waals surface area contributed by atoms with E-state index in [1.807, 2.05) is 0 Å². The Hall–Kier alpha value is -1.13. The van der Waals surface area contributed by atoms with Gasteiger partial charge in [0.25, 0.3) is 0 Å². The third kappa shape index (κ3) is 3.99. The first-order valence-corrected chi connectivity index (χ1v) is 9.48. The lowest BCUT2D eigenvalue weighted by Crippen LogP contribution is -2.20. The van der Waals surface area contributed by atoms with Gasteiger partial charge in [-0.05, 0) is 28.9 Å². The summed E-state index contributed by atoms with van der Waals surface area (Å²) in [7, 11) is -2.68. The molecule has 0 aliphatic rings. The van der Waals surface area contributed by atoms with Gasteiger partial charge in [-0.15, -0.1) is 11.3 Å². The summed E-state index contributed by atoms with van der Waals surface area (Å²) in [5.74, 6) is 0. The summed E-state index contributed by atoms with van der Waals surface area (Å²) in [4.78, 5) is 7.86. The van der Waals surface area contributed by atoms with Crippen molar-refractivity contribution in [3.63, 3.8) is 0 Å². The topological polar surface area (TPSA) is 54.9 Å². The highest BCUT2D eigenvalue weighted by molar-refractivity contribution is 9.10. The van der Waals surface area contributed by atoms with Crippen LogP contribution >= 0.6 is 27.3 Å². The van der Waals surface area contributed by atoms with E-state index in [1.54, 1.807) is 12.3 Å². The first-order valence-electron chi connectivity index (χ1n) is 5.85. The predicted molar refractivity (Wildman–Crippen MR) is 86.5 cm³/mol. The summed E-state index contributed by atoms with van der Waals surface area (Å²) in [6.07, 6.45) is -1.96. The molecule has 0 radical (unpaired) electrons. The molecule has 1 N–H and O–H groups in total. The molecule has 120 valence electrons. The normalized spacial score (nSPS) is 14.5. The van der Waals surface area contributed by atoms with E-state index in [0.29, 0.717) is 20.2 Å². The number of rotatable bonds is 3. The standard InChI is InChI=1S/C12H11BrF3N3OS2/c1-7(8-3-4-9(17-5-8)12(14,15)16)22(2,20)19-11-18-10(13)6-21-11/h3-6H,1-2H3,(H,18,19,20). The number of nitrogens with one attached hydrogen (secondary N) is 1. The molecule has 0 aliphatic carbocycles. The van der Waals surface area contributed by atoms with Crippen molar-refractivity contribution in [3.8, 4) is 0 Å². The van der Waals surface area contributed by atoms with Crippen LogP contribution in [0, 0.1) is 0 Å². The fourth-order valence-corrected chi connectivity index (χ4v) is 4.30. The number of anilines is 1. The van der Waals surface area contributed by atoms with Gasteiger partial charge in [-0.1, -0.05) is 6.07 Å². The molecule has 2 rings (SSSR count). The van der Waals surface area contributed by atoms with Crippen LogP contribution in [0.15, 0.2) is 28.3 Å². The van der Waals surface area contributed by atoms with Gasteiger partial charge in [0.2, 0.25) is 0 Å². The minimum Gasteiger partial charge on any atom is -0.288 e. The summed E-state index contributed by atoms with van der Waals surface area (Å²) < 4.78 is 53.6. The molecule has 1 atom stereocenters. The zero-order valence-corrected chi connectivity index (χ0v) is 14.7. The molecule has 0 aliphatic heterocycles. The van der Waals surface area contributed by atoms with E-state index in [9.17, 15) is 17.4 Å². The van der Waals surface area contributed by atoms with Gasteiger partial charge in [-0.3, -0.25) is 9.71 Å². The van der Waals surface area contributed by atoms with Gasteiger partial charge in [-0.25, -0.2) is 9.19 Å². The van der Waals surface area contributed by atoms with Crippen molar-refractivity contribution in [2.45, 2.75) is 13.1 Å². The molecule has 0 fully saturated rings. The number of hydrogen-bond donors (Lipinski definition) is 1. The highest BCUT2D eigenvalue weighted by Gasteiger charge is 2.32. The van der Waals surface area contributed by atoms with Crippen molar-refractivity contribution < 1.29 is 17.4 Å². The summed E-state index contributed by atoms with van der Waals surface area (Å²) in [6.45, 7) is 1.59. The van der Waals surface area contributed by atoms with E-state index in [-0.39, 0.29) is 0 Å². The smallest absolute Gasteiger partial charge is 0.288 e. The molecule has 22 heavy (non-hydrogen) atoms. The Kier molecular flexibility index (Phi) is 4.83. The van der Waals surface area contributed by atoms with Crippen LogP contribution in [0.4, 0.5) is 18.3 Å². The summed E-state index contributed by atoms with van der Waals surface area (Å²) in [6, 6.07) is 2.13. The second-order valence-electron chi connectivity index (χ2n) is 4.41. The highest BCUT2D eigenvalue weighted by atomic mass is 79.9. The van der Waals surface area contributed by atoms with Crippen LogP contribution in [0.5, 0.6) is 0 Å². The average molecular weight is 414 g/mol. The van der Waals surface area contributed by atoms with Gasteiger partial charge in [0.15, 0.2) is 5.13 Å². The van der Waals surface area contributed by atoms with Crippen LogP contribution in [0.2, 0.25) is 0 Å². The van der Waals surface area contributed by atoms with Crippen LogP contribution in [0.25, 0.3) is 0 Å². The van der Waals surface area contributed by atoms with Gasteiger partial charge in [0, 0.05) is 28.3 Å². The molecule has 0 aromatic carbocycles. The largest absolute Gasteiger partial charge is 0.433 e. The maximum Gasteiger partial charge on any atom is 0.433 e. The second kappa shape index (κ2) is 6.17. The van der Waals surface area contributed by atoms with Gasteiger partial charge in [0.1, 0.15) is 10.3 Å². The van der Waals surface area contributed by atoms with Gasteiger partial charge >= 0.3 is 6.18 Å².